The zero-order chi connectivity index (χ0) is 26.0. The second kappa shape index (κ2) is 12.1. The number of aromatic carboxylic acids is 1. The Balaban J connectivity index is 0.00000336. The normalized spacial score (nSPS) is 19.6. The topological polar surface area (TPSA) is 40.5 Å². The summed E-state index contributed by atoms with van der Waals surface area (Å²) in [6.07, 6.45) is 5.67. The van der Waals surface area contributed by atoms with Crippen LogP contribution in [0.1, 0.15) is 71.1 Å². The van der Waals surface area contributed by atoms with E-state index in [1.165, 1.54) is 5.56 Å². The first-order valence-corrected chi connectivity index (χ1v) is 13.4. The molecule has 1 heterocycles. The molecular formula is C31H35ClF3NO2. The molecule has 2 aromatic carbocycles. The molecular weight excluding hydrogens is 511 g/mol. The first-order chi connectivity index (χ1) is 17.8. The number of nitrogens with zero attached hydrogens (tertiary/aromatic N) is 1. The maximum atomic E-state index is 13.9. The molecule has 3 aliphatic rings. The molecule has 0 saturated carbocycles. The Morgan fingerprint density at radius 3 is 2.47 bits per heavy atom. The van der Waals surface area contributed by atoms with Crippen molar-refractivity contribution in [2.24, 2.45) is 5.92 Å². The Morgan fingerprint density at radius 1 is 1.05 bits per heavy atom. The van der Waals surface area contributed by atoms with Crippen molar-refractivity contribution >= 4 is 23.9 Å². The summed E-state index contributed by atoms with van der Waals surface area (Å²) in [5.74, 6) is -3.01. The monoisotopic (exact) mass is 545 g/mol. The van der Waals surface area contributed by atoms with Gasteiger partial charge in [0, 0.05) is 32.5 Å². The minimum atomic E-state index is -2.64. The Labute approximate surface area is 228 Å². The van der Waals surface area contributed by atoms with Crippen molar-refractivity contribution in [2.45, 2.75) is 57.3 Å². The number of carboxylic acid groups (broad SMARTS) is 1. The van der Waals surface area contributed by atoms with Crippen LogP contribution in [0.4, 0.5) is 13.2 Å². The first kappa shape index (κ1) is 28.4. The molecule has 2 aromatic rings. The minimum absolute atomic E-state index is 0. The number of fused-ring (bicyclic) bond motifs is 1. The lowest BCUT2D eigenvalue weighted by atomic mass is 9.82. The Kier molecular flexibility index (Phi) is 9.04. The molecule has 1 saturated heterocycles. The highest BCUT2D eigenvalue weighted by Gasteiger charge is 2.33. The number of carbonyl (C=O) groups is 1. The van der Waals surface area contributed by atoms with Crippen LogP contribution in [0, 0.1) is 5.92 Å². The summed E-state index contributed by atoms with van der Waals surface area (Å²) < 4.78 is 40.3. The van der Waals surface area contributed by atoms with Crippen molar-refractivity contribution in [1.29, 1.82) is 0 Å². The van der Waals surface area contributed by atoms with Crippen LogP contribution in [-0.4, -0.2) is 48.2 Å². The van der Waals surface area contributed by atoms with Gasteiger partial charge in [-0.05, 0) is 95.5 Å². The highest BCUT2D eigenvalue weighted by molar-refractivity contribution is 5.91. The standard InChI is InChI=1S/C31H34F3NO2.ClH/c32-15-2-16-35-19-22(20-35)17-21-5-7-24(8-6-21)29-27(23-11-13-31(33,34)14-12-23)4-1-3-25-18-26(30(36)37)9-10-28(25)29;/h5-11,18,22H,1-4,12-17,19-20H2,(H,36,37);1H. The third kappa shape index (κ3) is 6.35. The van der Waals surface area contributed by atoms with Crippen molar-refractivity contribution < 1.29 is 23.1 Å². The van der Waals surface area contributed by atoms with Crippen LogP contribution in [0.2, 0.25) is 0 Å². The second-order valence-corrected chi connectivity index (χ2v) is 10.7. The molecule has 7 heteroatoms. The predicted molar refractivity (Wildman–Crippen MR) is 147 cm³/mol. The first-order valence-electron chi connectivity index (χ1n) is 13.4. The van der Waals surface area contributed by atoms with Gasteiger partial charge in [0.1, 0.15) is 0 Å². The Morgan fingerprint density at radius 2 is 1.82 bits per heavy atom. The van der Waals surface area contributed by atoms with Crippen LogP contribution in [0.5, 0.6) is 0 Å². The van der Waals surface area contributed by atoms with E-state index in [0.717, 1.165) is 78.7 Å². The number of carboxylic acids is 1. The van der Waals surface area contributed by atoms with E-state index in [4.69, 9.17) is 0 Å². The van der Waals surface area contributed by atoms with Gasteiger partial charge in [0.25, 0.3) is 5.92 Å². The quantitative estimate of drug-likeness (QED) is 0.373. The molecule has 5 rings (SSSR count). The lowest BCUT2D eigenvalue weighted by molar-refractivity contribution is -0.00838. The molecule has 1 fully saturated rings. The molecule has 0 spiro atoms. The number of alkyl halides is 3. The number of rotatable bonds is 8. The summed E-state index contributed by atoms with van der Waals surface area (Å²) in [6, 6.07) is 13.9. The highest BCUT2D eigenvalue weighted by Crippen LogP contribution is 2.43. The van der Waals surface area contributed by atoms with Crippen LogP contribution in [0.25, 0.3) is 5.57 Å². The summed E-state index contributed by atoms with van der Waals surface area (Å²) in [4.78, 5) is 13.9. The largest absolute Gasteiger partial charge is 0.478 e. The summed E-state index contributed by atoms with van der Waals surface area (Å²) in [7, 11) is 0. The molecule has 0 unspecified atom stereocenters. The lowest BCUT2D eigenvalue weighted by Crippen LogP contribution is -2.47. The fourth-order valence-corrected chi connectivity index (χ4v) is 6.05. The fraction of sp³-hybridized carbons (Fsp3) is 0.452. The molecule has 1 aliphatic heterocycles. The van der Waals surface area contributed by atoms with Gasteiger partial charge < -0.3 is 10.0 Å². The van der Waals surface area contributed by atoms with Gasteiger partial charge in [-0.15, -0.1) is 12.4 Å². The number of halogens is 4. The molecule has 0 bridgehead atoms. The van der Waals surface area contributed by atoms with Crippen molar-refractivity contribution in [3.63, 3.8) is 0 Å². The smallest absolute Gasteiger partial charge is 0.335 e. The van der Waals surface area contributed by atoms with Gasteiger partial charge in [-0.1, -0.05) is 36.4 Å². The van der Waals surface area contributed by atoms with Crippen LogP contribution >= 0.6 is 12.4 Å². The van der Waals surface area contributed by atoms with Gasteiger partial charge in [0.2, 0.25) is 0 Å². The Hall–Kier alpha value is -2.57. The molecule has 2 aliphatic carbocycles. The number of benzene rings is 2. The number of hydrogen-bond acceptors (Lipinski definition) is 2. The molecule has 0 amide bonds. The van der Waals surface area contributed by atoms with Gasteiger partial charge in [-0.3, -0.25) is 4.39 Å². The van der Waals surface area contributed by atoms with Gasteiger partial charge in [0.15, 0.2) is 0 Å². The van der Waals surface area contributed by atoms with E-state index in [1.54, 1.807) is 18.2 Å². The van der Waals surface area contributed by atoms with Gasteiger partial charge >= 0.3 is 5.97 Å². The predicted octanol–water partition coefficient (Wildman–Crippen LogP) is 7.52. The molecule has 38 heavy (non-hydrogen) atoms. The average Bonchev–Trinajstić information content (AvgIpc) is 3.05. The zero-order valence-corrected chi connectivity index (χ0v) is 22.3. The van der Waals surface area contributed by atoms with Crippen LogP contribution in [0.15, 0.2) is 59.7 Å². The molecule has 3 nitrogen and oxygen atoms in total. The van der Waals surface area contributed by atoms with Crippen molar-refractivity contribution in [3.05, 3.63) is 87.5 Å². The number of aryl methyl sites for hydroxylation is 1. The molecule has 0 radical (unpaired) electrons. The minimum Gasteiger partial charge on any atom is -0.478 e. The van der Waals surface area contributed by atoms with Crippen molar-refractivity contribution in [2.75, 3.05) is 26.3 Å². The zero-order valence-electron chi connectivity index (χ0n) is 21.5. The molecule has 0 aromatic heterocycles. The highest BCUT2D eigenvalue weighted by atomic mass is 35.5. The number of hydrogen-bond donors (Lipinski definition) is 1. The fourth-order valence-electron chi connectivity index (χ4n) is 6.05. The number of likely N-dealkylation sites (tertiary alicyclic amines) is 1. The third-order valence-corrected chi connectivity index (χ3v) is 8.00. The van der Waals surface area contributed by atoms with Crippen LogP contribution < -0.4 is 0 Å². The van der Waals surface area contributed by atoms with E-state index in [2.05, 4.69) is 29.2 Å². The van der Waals surface area contributed by atoms with E-state index in [-0.39, 0.29) is 37.5 Å². The van der Waals surface area contributed by atoms with Crippen LogP contribution in [-0.2, 0) is 12.8 Å². The third-order valence-electron chi connectivity index (χ3n) is 8.00. The van der Waals surface area contributed by atoms with Gasteiger partial charge in [-0.25, -0.2) is 13.6 Å². The SMILES string of the molecule is Cl.O=C(O)c1ccc2c(c1)CCCC(C1=CCC(F)(F)CC1)=C2c1ccc(CC2CN(CCCF)C2)cc1. The van der Waals surface area contributed by atoms with E-state index in [0.29, 0.717) is 18.8 Å². The van der Waals surface area contributed by atoms with Gasteiger partial charge in [-0.2, -0.15) is 0 Å². The van der Waals surface area contributed by atoms with E-state index >= 15 is 0 Å². The summed E-state index contributed by atoms with van der Waals surface area (Å²) in [5.41, 5.74) is 7.75. The van der Waals surface area contributed by atoms with Crippen LogP contribution in [0.3, 0.4) is 0 Å². The number of allylic oxidation sites excluding steroid dienone is 3. The maximum Gasteiger partial charge on any atom is 0.335 e. The molecule has 1 N–H and O–H groups in total. The van der Waals surface area contributed by atoms with Gasteiger partial charge in [0.05, 0.1) is 12.2 Å². The van der Waals surface area contributed by atoms with Crippen molar-refractivity contribution in [3.8, 4) is 0 Å². The Bertz CT molecular complexity index is 1220. The summed E-state index contributed by atoms with van der Waals surface area (Å²) in [6.45, 7) is 2.58. The second-order valence-electron chi connectivity index (χ2n) is 10.7. The summed E-state index contributed by atoms with van der Waals surface area (Å²) >= 11 is 0. The molecule has 0 atom stereocenters. The van der Waals surface area contributed by atoms with E-state index in [9.17, 15) is 23.1 Å². The van der Waals surface area contributed by atoms with E-state index < -0.39 is 11.9 Å². The van der Waals surface area contributed by atoms with E-state index in [1.807, 2.05) is 6.07 Å². The molecule has 204 valence electrons. The lowest BCUT2D eigenvalue weighted by Gasteiger charge is -2.39. The van der Waals surface area contributed by atoms with Crippen molar-refractivity contribution in [1.82, 2.24) is 4.90 Å². The maximum absolute atomic E-state index is 13.9. The average molecular weight is 546 g/mol. The summed E-state index contributed by atoms with van der Waals surface area (Å²) in [5, 5.41) is 9.52.